The predicted molar refractivity (Wildman–Crippen MR) is 81.8 cm³/mol. The van der Waals surface area contributed by atoms with Gasteiger partial charge in [0.25, 0.3) is 0 Å². The molecule has 0 bridgehead atoms. The summed E-state index contributed by atoms with van der Waals surface area (Å²) in [5.74, 6) is -0.194. The van der Waals surface area contributed by atoms with Gasteiger partial charge >= 0.3 is 5.97 Å². The van der Waals surface area contributed by atoms with Crippen molar-refractivity contribution in [3.8, 4) is 16.2 Å². The van der Waals surface area contributed by atoms with E-state index >= 15 is 0 Å². The van der Waals surface area contributed by atoms with Gasteiger partial charge in [-0.05, 0) is 36.1 Å². The standard InChI is InChI=1S/C15H17NO3S/c1-4-10-12(16)14(15(17)18)20-13(10)9-6-5-8(2)11(7-9)19-3/h5-7H,4,16H2,1-3H3,(H,17,18). The summed E-state index contributed by atoms with van der Waals surface area (Å²) in [5.41, 5.74) is 9.19. The first-order chi connectivity index (χ1) is 9.49. The van der Waals surface area contributed by atoms with Crippen LogP contribution in [0, 0.1) is 6.92 Å². The monoisotopic (exact) mass is 291 g/mol. The van der Waals surface area contributed by atoms with Gasteiger partial charge in [-0.1, -0.05) is 19.1 Å². The maximum absolute atomic E-state index is 11.2. The number of benzene rings is 1. The van der Waals surface area contributed by atoms with Crippen LogP contribution in [0.5, 0.6) is 5.75 Å². The first-order valence-corrected chi connectivity index (χ1v) is 7.10. The molecule has 2 aromatic rings. The quantitative estimate of drug-likeness (QED) is 0.903. The molecule has 0 aliphatic carbocycles. The van der Waals surface area contributed by atoms with Crippen LogP contribution in [0.15, 0.2) is 18.2 Å². The number of rotatable bonds is 4. The number of nitrogens with two attached hydrogens (primary N) is 1. The van der Waals surface area contributed by atoms with Crippen LogP contribution in [-0.4, -0.2) is 18.2 Å². The highest BCUT2D eigenvalue weighted by molar-refractivity contribution is 7.18. The number of aromatic carboxylic acids is 1. The molecule has 0 saturated heterocycles. The zero-order valence-electron chi connectivity index (χ0n) is 11.7. The minimum Gasteiger partial charge on any atom is -0.496 e. The summed E-state index contributed by atoms with van der Waals surface area (Å²) in [4.78, 5) is 12.3. The number of aryl methyl sites for hydroxylation is 1. The number of hydrogen-bond acceptors (Lipinski definition) is 4. The Morgan fingerprint density at radius 1 is 1.45 bits per heavy atom. The van der Waals surface area contributed by atoms with Crippen molar-refractivity contribution in [3.63, 3.8) is 0 Å². The highest BCUT2D eigenvalue weighted by Gasteiger charge is 2.20. The molecule has 4 nitrogen and oxygen atoms in total. The van der Waals surface area contributed by atoms with Crippen molar-refractivity contribution in [3.05, 3.63) is 34.2 Å². The van der Waals surface area contributed by atoms with Crippen molar-refractivity contribution in [1.82, 2.24) is 0 Å². The molecular formula is C15H17NO3S. The number of methoxy groups -OCH3 is 1. The molecule has 1 heterocycles. The minimum atomic E-state index is -0.979. The number of carbonyl (C=O) groups is 1. The Hall–Kier alpha value is -2.01. The third-order valence-corrected chi connectivity index (χ3v) is 4.55. The van der Waals surface area contributed by atoms with E-state index in [-0.39, 0.29) is 4.88 Å². The average molecular weight is 291 g/mol. The minimum absolute atomic E-state index is 0.205. The van der Waals surface area contributed by atoms with Crippen molar-refractivity contribution >= 4 is 23.0 Å². The van der Waals surface area contributed by atoms with E-state index in [0.29, 0.717) is 12.1 Å². The summed E-state index contributed by atoms with van der Waals surface area (Å²) in [6.45, 7) is 3.94. The zero-order valence-corrected chi connectivity index (χ0v) is 12.5. The molecule has 0 atom stereocenters. The van der Waals surface area contributed by atoms with Gasteiger partial charge in [0.15, 0.2) is 0 Å². The molecule has 0 spiro atoms. The molecular weight excluding hydrogens is 274 g/mol. The summed E-state index contributed by atoms with van der Waals surface area (Å²) >= 11 is 1.22. The van der Waals surface area contributed by atoms with Gasteiger partial charge in [0.05, 0.1) is 12.8 Å². The SMILES string of the molecule is CCc1c(-c2ccc(C)c(OC)c2)sc(C(=O)O)c1N. The lowest BCUT2D eigenvalue weighted by molar-refractivity contribution is 0.0703. The van der Waals surface area contributed by atoms with Crippen LogP contribution in [0.3, 0.4) is 0 Å². The lowest BCUT2D eigenvalue weighted by Gasteiger charge is -2.08. The van der Waals surface area contributed by atoms with Crippen molar-refractivity contribution in [2.45, 2.75) is 20.3 Å². The van der Waals surface area contributed by atoms with Crippen molar-refractivity contribution in [2.24, 2.45) is 0 Å². The fourth-order valence-electron chi connectivity index (χ4n) is 2.18. The van der Waals surface area contributed by atoms with Crippen LogP contribution in [0.1, 0.15) is 27.7 Å². The molecule has 0 unspecified atom stereocenters. The third kappa shape index (κ3) is 2.36. The lowest BCUT2D eigenvalue weighted by atomic mass is 10.0. The second-order valence-electron chi connectivity index (χ2n) is 4.50. The molecule has 106 valence electrons. The number of anilines is 1. The fourth-order valence-corrected chi connectivity index (χ4v) is 3.33. The number of thiophene rings is 1. The number of hydrogen-bond donors (Lipinski definition) is 2. The zero-order chi connectivity index (χ0) is 14.9. The Bertz CT molecular complexity index is 661. The van der Waals surface area contributed by atoms with Gasteiger partial charge in [-0.15, -0.1) is 11.3 Å². The number of carboxylic acid groups (broad SMARTS) is 1. The number of carboxylic acids is 1. The molecule has 1 aromatic carbocycles. The third-order valence-electron chi connectivity index (χ3n) is 3.27. The van der Waals surface area contributed by atoms with E-state index in [0.717, 1.165) is 27.3 Å². The van der Waals surface area contributed by atoms with Gasteiger partial charge in [-0.2, -0.15) is 0 Å². The molecule has 1 aromatic heterocycles. The topological polar surface area (TPSA) is 72.5 Å². The smallest absolute Gasteiger partial charge is 0.348 e. The summed E-state index contributed by atoms with van der Waals surface area (Å²) in [6, 6.07) is 5.85. The van der Waals surface area contributed by atoms with E-state index in [1.807, 2.05) is 32.0 Å². The van der Waals surface area contributed by atoms with E-state index < -0.39 is 5.97 Å². The van der Waals surface area contributed by atoms with Gasteiger partial charge in [-0.3, -0.25) is 0 Å². The summed E-state index contributed by atoms with van der Waals surface area (Å²) in [5, 5.41) is 9.20. The van der Waals surface area contributed by atoms with Crippen molar-refractivity contribution < 1.29 is 14.6 Å². The number of nitrogen functional groups attached to an aromatic ring is 1. The van der Waals surface area contributed by atoms with E-state index in [1.165, 1.54) is 11.3 Å². The van der Waals surface area contributed by atoms with Crippen LogP contribution in [0.25, 0.3) is 10.4 Å². The molecule has 20 heavy (non-hydrogen) atoms. The van der Waals surface area contributed by atoms with Crippen LogP contribution in [-0.2, 0) is 6.42 Å². The van der Waals surface area contributed by atoms with E-state index in [1.54, 1.807) is 7.11 Å². The maximum Gasteiger partial charge on any atom is 0.348 e. The molecule has 5 heteroatoms. The maximum atomic E-state index is 11.2. The summed E-state index contributed by atoms with van der Waals surface area (Å²) in [6.07, 6.45) is 0.696. The molecule has 0 fully saturated rings. The van der Waals surface area contributed by atoms with Crippen molar-refractivity contribution in [1.29, 1.82) is 0 Å². The van der Waals surface area contributed by atoms with Gasteiger partial charge in [0.1, 0.15) is 10.6 Å². The van der Waals surface area contributed by atoms with Gasteiger partial charge in [0.2, 0.25) is 0 Å². The molecule has 0 aliphatic rings. The highest BCUT2D eigenvalue weighted by atomic mass is 32.1. The van der Waals surface area contributed by atoms with Crippen LogP contribution in [0.2, 0.25) is 0 Å². The summed E-state index contributed by atoms with van der Waals surface area (Å²) in [7, 11) is 1.62. The van der Waals surface area contributed by atoms with E-state index in [9.17, 15) is 9.90 Å². The second kappa shape index (κ2) is 5.54. The predicted octanol–water partition coefficient (Wildman–Crippen LogP) is 3.57. The van der Waals surface area contributed by atoms with E-state index in [4.69, 9.17) is 10.5 Å². The highest BCUT2D eigenvalue weighted by Crippen LogP contribution is 2.40. The number of ether oxygens (including phenoxy) is 1. The molecule has 0 aliphatic heterocycles. The molecule has 2 rings (SSSR count). The second-order valence-corrected chi connectivity index (χ2v) is 5.52. The Kier molecular flexibility index (Phi) is 3.99. The molecule has 0 radical (unpaired) electrons. The van der Waals surface area contributed by atoms with Crippen LogP contribution in [0.4, 0.5) is 5.69 Å². The van der Waals surface area contributed by atoms with Crippen molar-refractivity contribution in [2.75, 3.05) is 12.8 Å². The normalized spacial score (nSPS) is 10.6. The van der Waals surface area contributed by atoms with Crippen LogP contribution >= 0.6 is 11.3 Å². The van der Waals surface area contributed by atoms with Gasteiger partial charge in [-0.25, -0.2) is 4.79 Å². The average Bonchev–Trinajstić information content (AvgIpc) is 2.76. The summed E-state index contributed by atoms with van der Waals surface area (Å²) < 4.78 is 5.32. The Balaban J connectivity index is 2.63. The van der Waals surface area contributed by atoms with Gasteiger partial charge < -0.3 is 15.6 Å². The van der Waals surface area contributed by atoms with E-state index in [2.05, 4.69) is 0 Å². The molecule has 3 N–H and O–H groups in total. The Labute approximate surface area is 121 Å². The largest absolute Gasteiger partial charge is 0.496 e. The van der Waals surface area contributed by atoms with Crippen LogP contribution < -0.4 is 10.5 Å². The molecule has 0 saturated carbocycles. The molecule has 0 amide bonds. The fraction of sp³-hybridized carbons (Fsp3) is 0.267. The lowest BCUT2D eigenvalue weighted by Crippen LogP contribution is -1.99. The Morgan fingerprint density at radius 3 is 2.70 bits per heavy atom. The first-order valence-electron chi connectivity index (χ1n) is 6.29. The first kappa shape index (κ1) is 14.4. The Morgan fingerprint density at radius 2 is 2.15 bits per heavy atom. The van der Waals surface area contributed by atoms with Gasteiger partial charge in [0, 0.05) is 4.88 Å².